The molecule has 0 radical (unpaired) electrons. The van der Waals surface area contributed by atoms with Crippen LogP contribution in [0.5, 0.6) is 0 Å². The number of aromatic nitrogens is 2. The van der Waals surface area contributed by atoms with Crippen molar-refractivity contribution in [3.8, 4) is 6.07 Å². The van der Waals surface area contributed by atoms with Gasteiger partial charge in [-0.15, -0.1) is 11.3 Å². The van der Waals surface area contributed by atoms with E-state index < -0.39 is 0 Å². The molecule has 2 aromatic rings. The molecular formula is C15H17N3OS. The van der Waals surface area contributed by atoms with Gasteiger partial charge in [0.05, 0.1) is 17.8 Å². The van der Waals surface area contributed by atoms with E-state index in [1.165, 1.54) is 23.3 Å². The molecule has 0 saturated heterocycles. The van der Waals surface area contributed by atoms with E-state index in [0.29, 0.717) is 13.0 Å². The van der Waals surface area contributed by atoms with Crippen LogP contribution in [0.25, 0.3) is 10.2 Å². The number of hydrogen-bond donors (Lipinski definition) is 0. The molecule has 0 spiro atoms. The highest BCUT2D eigenvalue weighted by molar-refractivity contribution is 7.18. The minimum Gasteiger partial charge on any atom is -0.299 e. The first-order valence-electron chi connectivity index (χ1n) is 7.18. The summed E-state index contributed by atoms with van der Waals surface area (Å²) in [7, 11) is 0. The van der Waals surface area contributed by atoms with Gasteiger partial charge in [-0.3, -0.25) is 9.36 Å². The van der Waals surface area contributed by atoms with E-state index in [2.05, 4.69) is 11.1 Å². The third kappa shape index (κ3) is 2.36. The van der Waals surface area contributed by atoms with Gasteiger partial charge in [-0.1, -0.05) is 0 Å². The van der Waals surface area contributed by atoms with Crippen molar-refractivity contribution in [2.24, 2.45) is 0 Å². The van der Waals surface area contributed by atoms with Crippen molar-refractivity contribution in [2.45, 2.75) is 51.5 Å². The van der Waals surface area contributed by atoms with Gasteiger partial charge in [0.2, 0.25) is 0 Å². The number of aryl methyl sites for hydroxylation is 3. The molecule has 1 aliphatic carbocycles. The molecule has 4 nitrogen and oxygen atoms in total. The molecule has 0 aromatic carbocycles. The van der Waals surface area contributed by atoms with Crippen LogP contribution in [0, 0.1) is 11.3 Å². The van der Waals surface area contributed by atoms with Crippen molar-refractivity contribution in [3.05, 3.63) is 27.1 Å². The zero-order valence-electron chi connectivity index (χ0n) is 11.4. The van der Waals surface area contributed by atoms with Crippen LogP contribution in [0.4, 0.5) is 0 Å². The van der Waals surface area contributed by atoms with Gasteiger partial charge in [0, 0.05) is 17.8 Å². The molecular weight excluding hydrogens is 270 g/mol. The number of thiophene rings is 1. The van der Waals surface area contributed by atoms with Crippen LogP contribution in [0.3, 0.4) is 0 Å². The van der Waals surface area contributed by atoms with Crippen molar-refractivity contribution >= 4 is 21.6 Å². The molecule has 20 heavy (non-hydrogen) atoms. The third-order valence-corrected chi connectivity index (χ3v) is 5.08. The first-order valence-corrected chi connectivity index (χ1v) is 7.99. The largest absolute Gasteiger partial charge is 0.299 e. The lowest BCUT2D eigenvalue weighted by Gasteiger charge is -2.10. The SMILES string of the molecule is N#CCCCCn1cnc2sc3c(c2c1=O)CCCC3. The van der Waals surface area contributed by atoms with Crippen LogP contribution in [-0.2, 0) is 19.4 Å². The Kier molecular flexibility index (Phi) is 3.83. The number of fused-ring (bicyclic) bond motifs is 3. The van der Waals surface area contributed by atoms with E-state index in [1.54, 1.807) is 22.2 Å². The topological polar surface area (TPSA) is 58.7 Å². The molecule has 0 unspecified atom stereocenters. The minimum absolute atomic E-state index is 0.103. The van der Waals surface area contributed by atoms with Crippen molar-refractivity contribution in [2.75, 3.05) is 0 Å². The number of unbranched alkanes of at least 4 members (excludes halogenated alkanes) is 2. The zero-order chi connectivity index (χ0) is 13.9. The summed E-state index contributed by atoms with van der Waals surface area (Å²) in [6.45, 7) is 0.661. The van der Waals surface area contributed by atoms with E-state index in [4.69, 9.17) is 5.26 Å². The Hall–Kier alpha value is -1.67. The second-order valence-electron chi connectivity index (χ2n) is 5.25. The molecule has 0 amide bonds. The Morgan fingerprint density at radius 1 is 1.35 bits per heavy atom. The highest BCUT2D eigenvalue weighted by Crippen LogP contribution is 2.33. The summed E-state index contributed by atoms with van der Waals surface area (Å²) in [4.78, 5) is 19.3. The molecule has 0 saturated carbocycles. The summed E-state index contributed by atoms with van der Waals surface area (Å²) in [5.41, 5.74) is 1.35. The lowest BCUT2D eigenvalue weighted by molar-refractivity contribution is 0.595. The zero-order valence-corrected chi connectivity index (χ0v) is 12.2. The van der Waals surface area contributed by atoms with Gasteiger partial charge in [0.25, 0.3) is 5.56 Å². The Balaban J connectivity index is 1.94. The third-order valence-electron chi connectivity index (χ3n) is 3.88. The summed E-state index contributed by atoms with van der Waals surface area (Å²) >= 11 is 1.69. The Bertz CT molecular complexity index is 723. The highest BCUT2D eigenvalue weighted by Gasteiger charge is 2.19. The van der Waals surface area contributed by atoms with Gasteiger partial charge < -0.3 is 0 Å². The quantitative estimate of drug-likeness (QED) is 0.812. The lowest BCUT2D eigenvalue weighted by atomic mass is 9.97. The fourth-order valence-electron chi connectivity index (χ4n) is 2.83. The summed E-state index contributed by atoms with van der Waals surface area (Å²) < 4.78 is 1.71. The second-order valence-corrected chi connectivity index (χ2v) is 6.33. The van der Waals surface area contributed by atoms with Crippen LogP contribution in [0.2, 0.25) is 0 Å². The highest BCUT2D eigenvalue weighted by atomic mass is 32.1. The van der Waals surface area contributed by atoms with Gasteiger partial charge in [0.15, 0.2) is 0 Å². The molecule has 0 bridgehead atoms. The Morgan fingerprint density at radius 2 is 2.20 bits per heavy atom. The first-order chi connectivity index (χ1) is 9.81. The Labute approximate surface area is 121 Å². The van der Waals surface area contributed by atoms with Crippen LogP contribution >= 0.6 is 11.3 Å². The van der Waals surface area contributed by atoms with E-state index in [-0.39, 0.29) is 5.56 Å². The van der Waals surface area contributed by atoms with Gasteiger partial charge in [-0.2, -0.15) is 5.26 Å². The van der Waals surface area contributed by atoms with E-state index in [1.807, 2.05) is 0 Å². The molecule has 0 N–H and O–H groups in total. The number of nitriles is 1. The molecule has 1 aliphatic rings. The molecule has 2 aromatic heterocycles. The molecule has 104 valence electrons. The fourth-order valence-corrected chi connectivity index (χ4v) is 4.05. The maximum absolute atomic E-state index is 12.6. The van der Waals surface area contributed by atoms with Gasteiger partial charge in [0.1, 0.15) is 4.83 Å². The van der Waals surface area contributed by atoms with E-state index in [9.17, 15) is 4.79 Å². The van der Waals surface area contributed by atoms with E-state index >= 15 is 0 Å². The normalized spacial score (nSPS) is 14.2. The van der Waals surface area contributed by atoms with Crippen LogP contribution in [0.1, 0.15) is 42.5 Å². The second kappa shape index (κ2) is 5.76. The van der Waals surface area contributed by atoms with Gasteiger partial charge in [-0.25, -0.2) is 4.98 Å². The maximum Gasteiger partial charge on any atom is 0.262 e. The lowest BCUT2D eigenvalue weighted by Crippen LogP contribution is -2.21. The Morgan fingerprint density at radius 3 is 3.05 bits per heavy atom. The van der Waals surface area contributed by atoms with Crippen LogP contribution in [0.15, 0.2) is 11.1 Å². The summed E-state index contributed by atoms with van der Waals surface area (Å²) in [5.74, 6) is 0. The van der Waals surface area contributed by atoms with Crippen molar-refractivity contribution in [1.82, 2.24) is 9.55 Å². The molecule has 5 heteroatoms. The van der Waals surface area contributed by atoms with Gasteiger partial charge in [-0.05, 0) is 44.1 Å². The molecule has 3 rings (SSSR count). The molecule has 0 atom stereocenters. The monoisotopic (exact) mass is 287 g/mol. The van der Waals surface area contributed by atoms with Crippen LogP contribution in [-0.4, -0.2) is 9.55 Å². The summed E-state index contributed by atoms with van der Waals surface area (Å²) in [6.07, 6.45) is 8.42. The van der Waals surface area contributed by atoms with Crippen molar-refractivity contribution < 1.29 is 0 Å². The molecule has 2 heterocycles. The smallest absolute Gasteiger partial charge is 0.262 e. The van der Waals surface area contributed by atoms with Gasteiger partial charge >= 0.3 is 0 Å². The number of hydrogen-bond acceptors (Lipinski definition) is 4. The van der Waals surface area contributed by atoms with Crippen LogP contribution < -0.4 is 5.56 Å². The molecule has 0 fully saturated rings. The minimum atomic E-state index is 0.103. The predicted molar refractivity (Wildman–Crippen MR) is 80.0 cm³/mol. The summed E-state index contributed by atoms with van der Waals surface area (Å²) in [6, 6.07) is 2.13. The van der Waals surface area contributed by atoms with Crippen molar-refractivity contribution in [1.29, 1.82) is 5.26 Å². The molecule has 0 aliphatic heterocycles. The first kappa shape index (κ1) is 13.3. The average molecular weight is 287 g/mol. The standard InChI is InChI=1S/C15H17N3OS/c16-8-4-1-5-9-18-10-17-14-13(15(18)19)11-6-2-3-7-12(11)20-14/h10H,1-7,9H2. The fraction of sp³-hybridized carbons (Fsp3) is 0.533. The maximum atomic E-state index is 12.6. The summed E-state index contributed by atoms with van der Waals surface area (Å²) in [5, 5.41) is 9.39. The number of rotatable bonds is 4. The van der Waals surface area contributed by atoms with E-state index in [0.717, 1.165) is 35.9 Å². The van der Waals surface area contributed by atoms with Crippen molar-refractivity contribution in [3.63, 3.8) is 0 Å². The predicted octanol–water partition coefficient (Wildman–Crippen LogP) is 3.03. The number of nitrogens with zero attached hydrogens (tertiary/aromatic N) is 3. The average Bonchev–Trinajstić information content (AvgIpc) is 2.85.